The van der Waals surface area contributed by atoms with E-state index >= 15 is 4.39 Å². The van der Waals surface area contributed by atoms with Crippen molar-refractivity contribution in [3.05, 3.63) is 101 Å². The van der Waals surface area contributed by atoms with Crippen LogP contribution in [0.5, 0.6) is 17.2 Å². The highest BCUT2D eigenvalue weighted by atomic mass is 19.1. The Hall–Kier alpha value is -4.91. The first-order valence-corrected chi connectivity index (χ1v) is 14.7. The number of ether oxygens (including phenoxy) is 3. The third-order valence-electron chi connectivity index (χ3n) is 8.35. The summed E-state index contributed by atoms with van der Waals surface area (Å²) < 4.78 is 38.2. The molecule has 2 amide bonds. The average Bonchev–Trinajstić information content (AvgIpc) is 3.69. The van der Waals surface area contributed by atoms with Gasteiger partial charge in [-0.25, -0.2) is 4.39 Å². The Morgan fingerprint density at radius 2 is 1.80 bits per heavy atom. The number of nitrogens with zero attached hydrogens (tertiary/aromatic N) is 1. The van der Waals surface area contributed by atoms with Gasteiger partial charge in [0.25, 0.3) is 5.91 Å². The summed E-state index contributed by atoms with van der Waals surface area (Å²) in [4.78, 5) is 29.2. The van der Waals surface area contributed by atoms with Gasteiger partial charge >= 0.3 is 0 Å². The van der Waals surface area contributed by atoms with Crippen LogP contribution in [-0.4, -0.2) is 77.7 Å². The average molecular weight is 633 g/mol. The number of methoxy groups -OCH3 is 2. The zero-order chi connectivity index (χ0) is 32.5. The predicted octanol–water partition coefficient (Wildman–Crippen LogP) is 3.05. The lowest BCUT2D eigenvalue weighted by molar-refractivity contribution is -0.118. The number of aliphatic hydroxyl groups is 3. The summed E-state index contributed by atoms with van der Waals surface area (Å²) in [5, 5.41) is 34.5. The predicted molar refractivity (Wildman–Crippen MR) is 163 cm³/mol. The number of hydrogen-bond acceptors (Lipinski definition) is 9. The Morgan fingerprint density at radius 3 is 2.52 bits per heavy atom. The molecule has 0 unspecified atom stereocenters. The van der Waals surface area contributed by atoms with Crippen LogP contribution in [0.1, 0.15) is 33.2 Å². The molecule has 4 atom stereocenters. The summed E-state index contributed by atoms with van der Waals surface area (Å²) in [5.41, 5.74) is 1.67. The number of rotatable bonds is 10. The number of hydrogen-bond donors (Lipinski definition) is 4. The van der Waals surface area contributed by atoms with Gasteiger partial charge in [0.15, 0.2) is 28.6 Å². The molecule has 4 N–H and O–H groups in total. The maximum Gasteiger partial charge on any atom is 0.290 e. The number of carbonyl (C=O) groups excluding carboxylic acids is 2. The van der Waals surface area contributed by atoms with E-state index in [2.05, 4.69) is 5.32 Å². The minimum atomic E-state index is -1.41. The molecule has 1 aliphatic heterocycles. The van der Waals surface area contributed by atoms with Crippen LogP contribution in [0.3, 0.4) is 0 Å². The summed E-state index contributed by atoms with van der Waals surface area (Å²) in [5.74, 6) is -1.71. The molecule has 1 aliphatic carbocycles. The Balaban J connectivity index is 1.49. The molecule has 11 nitrogen and oxygen atoms in total. The van der Waals surface area contributed by atoms with E-state index in [0.717, 1.165) is 0 Å². The molecule has 46 heavy (non-hydrogen) atoms. The van der Waals surface area contributed by atoms with Crippen molar-refractivity contribution in [2.45, 2.75) is 37.3 Å². The highest BCUT2D eigenvalue weighted by molar-refractivity contribution is 5.99. The van der Waals surface area contributed by atoms with Gasteiger partial charge in [0, 0.05) is 35.2 Å². The van der Waals surface area contributed by atoms with Crippen LogP contribution in [-0.2, 0) is 17.9 Å². The first kappa shape index (κ1) is 31.1. The molecular weight excluding hydrogens is 599 g/mol. The highest BCUT2D eigenvalue weighted by Gasteiger charge is 2.51. The topological polar surface area (TPSA) is 151 Å². The number of para-hydroxylation sites is 1. The smallest absolute Gasteiger partial charge is 0.290 e. The van der Waals surface area contributed by atoms with Crippen molar-refractivity contribution in [2.24, 2.45) is 0 Å². The molecule has 2 heterocycles. The molecule has 1 aromatic heterocycles. The normalized spacial score (nSPS) is 19.9. The van der Waals surface area contributed by atoms with E-state index < -0.39 is 41.8 Å². The van der Waals surface area contributed by atoms with Crippen LogP contribution in [0.25, 0.3) is 11.0 Å². The molecule has 0 saturated carbocycles. The standard InChI is InChI=1S/C34H33FN2O9/c1-43-25-9-5-7-19-14-27(45-30(19)25)34(42)37(16-20-6-3-4-8-23(20)35)24-15-22(33(41)36-10-11-38)28-21-12-18(17-39)13-26(44-2)31(21)46-32(28)29(24)40/h3-9,12-15,24,28-29,32,38-40H,10-11,16-17H2,1-2H3,(H,36,41)/t24-,28+,29+,32+/m1/s1. The lowest BCUT2D eigenvalue weighted by atomic mass is 9.77. The Kier molecular flexibility index (Phi) is 8.67. The maximum absolute atomic E-state index is 15.0. The molecule has 12 heteroatoms. The summed E-state index contributed by atoms with van der Waals surface area (Å²) in [6.07, 6.45) is -1.02. The van der Waals surface area contributed by atoms with Crippen LogP contribution >= 0.6 is 0 Å². The molecule has 6 rings (SSSR count). The Bertz CT molecular complexity index is 1820. The number of nitrogens with one attached hydrogen (secondary N) is 1. The molecule has 2 aliphatic rings. The van der Waals surface area contributed by atoms with Crippen LogP contribution in [0.15, 0.2) is 76.7 Å². The van der Waals surface area contributed by atoms with Crippen molar-refractivity contribution in [3.8, 4) is 17.2 Å². The van der Waals surface area contributed by atoms with Gasteiger partial charge in [-0.1, -0.05) is 30.3 Å². The van der Waals surface area contributed by atoms with Gasteiger partial charge in [-0.15, -0.1) is 0 Å². The summed E-state index contributed by atoms with van der Waals surface area (Å²) in [6, 6.07) is 14.7. The van der Waals surface area contributed by atoms with Crippen LogP contribution < -0.4 is 19.5 Å². The number of halogens is 1. The fourth-order valence-electron chi connectivity index (χ4n) is 6.19. The van der Waals surface area contributed by atoms with Crippen molar-refractivity contribution in [1.82, 2.24) is 10.2 Å². The van der Waals surface area contributed by atoms with E-state index in [1.54, 1.807) is 36.4 Å². The van der Waals surface area contributed by atoms with Gasteiger partial charge in [-0.3, -0.25) is 9.59 Å². The molecule has 0 radical (unpaired) electrons. The zero-order valence-corrected chi connectivity index (χ0v) is 25.1. The van der Waals surface area contributed by atoms with E-state index in [1.165, 1.54) is 49.5 Å². The van der Waals surface area contributed by atoms with Gasteiger partial charge in [-0.2, -0.15) is 0 Å². The van der Waals surface area contributed by atoms with Crippen LogP contribution in [0.4, 0.5) is 4.39 Å². The highest BCUT2D eigenvalue weighted by Crippen LogP contribution is 2.51. The first-order valence-electron chi connectivity index (χ1n) is 14.7. The van der Waals surface area contributed by atoms with Crippen LogP contribution in [0, 0.1) is 5.82 Å². The summed E-state index contributed by atoms with van der Waals surface area (Å²) in [7, 11) is 2.91. The molecule has 0 spiro atoms. The second-order valence-corrected chi connectivity index (χ2v) is 11.0. The lowest BCUT2D eigenvalue weighted by Gasteiger charge is -2.40. The van der Waals surface area contributed by atoms with E-state index in [0.29, 0.717) is 33.6 Å². The largest absolute Gasteiger partial charge is 0.493 e. The number of fused-ring (bicyclic) bond motifs is 4. The third kappa shape index (κ3) is 5.44. The second-order valence-electron chi connectivity index (χ2n) is 11.0. The van der Waals surface area contributed by atoms with E-state index in [-0.39, 0.29) is 48.9 Å². The van der Waals surface area contributed by atoms with Gasteiger partial charge < -0.3 is 44.2 Å². The van der Waals surface area contributed by atoms with E-state index in [1.807, 2.05) is 0 Å². The fourth-order valence-corrected chi connectivity index (χ4v) is 6.19. The summed E-state index contributed by atoms with van der Waals surface area (Å²) >= 11 is 0. The monoisotopic (exact) mass is 632 g/mol. The van der Waals surface area contributed by atoms with Gasteiger partial charge in [0.2, 0.25) is 5.91 Å². The van der Waals surface area contributed by atoms with E-state index in [4.69, 9.17) is 18.6 Å². The van der Waals surface area contributed by atoms with Crippen molar-refractivity contribution >= 4 is 22.8 Å². The Labute approximate surface area is 263 Å². The molecule has 3 aromatic carbocycles. The minimum Gasteiger partial charge on any atom is -0.493 e. The second kappa shape index (κ2) is 12.8. The van der Waals surface area contributed by atoms with Crippen molar-refractivity contribution in [1.29, 1.82) is 0 Å². The quantitative estimate of drug-likeness (QED) is 0.207. The SMILES string of the molecule is COc1cc(CO)cc2c1O[C@@H]1[C@@H](O)[C@H](N(Cc3ccccc3F)C(=O)c3cc4cccc(OC)c4o3)C=C(C(=O)NCCO)[C@H]21. The molecule has 0 saturated heterocycles. The molecular formula is C34H33FN2O9. The number of amides is 2. The number of aliphatic hydroxyl groups excluding tert-OH is 3. The van der Waals surface area contributed by atoms with Crippen molar-refractivity contribution in [3.63, 3.8) is 0 Å². The van der Waals surface area contributed by atoms with Crippen molar-refractivity contribution in [2.75, 3.05) is 27.4 Å². The number of benzene rings is 3. The third-order valence-corrected chi connectivity index (χ3v) is 8.35. The van der Waals surface area contributed by atoms with Gasteiger partial charge in [-0.05, 0) is 42.0 Å². The van der Waals surface area contributed by atoms with Gasteiger partial charge in [0.1, 0.15) is 18.0 Å². The van der Waals surface area contributed by atoms with E-state index in [9.17, 15) is 24.9 Å². The molecule has 240 valence electrons. The zero-order valence-electron chi connectivity index (χ0n) is 25.1. The summed E-state index contributed by atoms with van der Waals surface area (Å²) in [6.45, 7) is -0.962. The minimum absolute atomic E-state index is 0.0484. The van der Waals surface area contributed by atoms with Crippen LogP contribution in [0.2, 0.25) is 0 Å². The maximum atomic E-state index is 15.0. The first-order chi connectivity index (χ1) is 22.3. The molecule has 4 aromatic rings. The fraction of sp³-hybridized carbons (Fsp3) is 0.294. The number of carbonyl (C=O) groups is 2. The lowest BCUT2D eigenvalue weighted by Crippen LogP contribution is -2.55. The molecule has 0 bridgehead atoms. The number of furan rings is 1. The van der Waals surface area contributed by atoms with Crippen molar-refractivity contribution < 1.29 is 47.9 Å². The van der Waals surface area contributed by atoms with Gasteiger partial charge in [0.05, 0.1) is 39.4 Å². The molecule has 0 fully saturated rings. The Morgan fingerprint density at radius 1 is 1.02 bits per heavy atom.